The van der Waals surface area contributed by atoms with Crippen LogP contribution < -0.4 is 16.0 Å². The molecule has 3 aromatic rings. The normalized spacial score (nSPS) is 10.2. The van der Waals surface area contributed by atoms with Crippen molar-refractivity contribution in [3.8, 4) is 0 Å². The summed E-state index contributed by atoms with van der Waals surface area (Å²) >= 11 is 0. The lowest BCUT2D eigenvalue weighted by atomic mass is 10.2. The fourth-order valence-corrected chi connectivity index (χ4v) is 2.37. The number of anilines is 2. The van der Waals surface area contributed by atoms with Crippen LogP contribution in [0.5, 0.6) is 0 Å². The van der Waals surface area contributed by atoms with Gasteiger partial charge in [-0.1, -0.05) is 12.1 Å². The van der Waals surface area contributed by atoms with Gasteiger partial charge in [0, 0.05) is 18.4 Å². The van der Waals surface area contributed by atoms with Crippen molar-refractivity contribution in [2.75, 3.05) is 10.6 Å². The van der Waals surface area contributed by atoms with E-state index in [9.17, 15) is 18.4 Å². The number of pyridine rings is 1. The van der Waals surface area contributed by atoms with E-state index in [2.05, 4.69) is 20.9 Å². The molecule has 0 aliphatic heterocycles. The summed E-state index contributed by atoms with van der Waals surface area (Å²) < 4.78 is 25.9. The Kier molecular flexibility index (Phi) is 5.91. The molecule has 0 aliphatic carbocycles. The van der Waals surface area contributed by atoms with Crippen molar-refractivity contribution in [2.24, 2.45) is 0 Å². The molecule has 0 saturated heterocycles. The first-order valence-corrected chi connectivity index (χ1v) is 8.32. The highest BCUT2D eigenvalue weighted by Gasteiger charge is 2.14. The van der Waals surface area contributed by atoms with Gasteiger partial charge in [-0.2, -0.15) is 0 Å². The summed E-state index contributed by atoms with van der Waals surface area (Å²) in [5, 5.41) is 7.71. The molecule has 2 aromatic carbocycles. The number of nitrogens with one attached hydrogen (secondary N) is 3. The standard InChI is InChI=1S/C20H16F2N4O2/c21-14-5-3-13(4-6-14)12-24-19(27)17-2-1-11-23-18(17)26-20(28)25-16-9-7-15(22)8-10-16/h1-11H,12H2,(H,24,27)(H2,23,25,26,28). The first-order valence-electron chi connectivity index (χ1n) is 8.32. The van der Waals surface area contributed by atoms with Crippen molar-refractivity contribution >= 4 is 23.4 Å². The van der Waals surface area contributed by atoms with E-state index < -0.39 is 17.8 Å². The van der Waals surface area contributed by atoms with E-state index in [-0.39, 0.29) is 23.7 Å². The molecule has 28 heavy (non-hydrogen) atoms. The molecule has 0 radical (unpaired) electrons. The zero-order chi connectivity index (χ0) is 19.9. The van der Waals surface area contributed by atoms with Crippen LogP contribution in [0.3, 0.4) is 0 Å². The number of rotatable bonds is 5. The fraction of sp³-hybridized carbons (Fsp3) is 0.0500. The van der Waals surface area contributed by atoms with Gasteiger partial charge in [-0.05, 0) is 54.1 Å². The van der Waals surface area contributed by atoms with Crippen LogP contribution in [0.4, 0.5) is 25.1 Å². The lowest BCUT2D eigenvalue weighted by molar-refractivity contribution is 0.0951. The van der Waals surface area contributed by atoms with Crippen LogP contribution in [0, 0.1) is 11.6 Å². The zero-order valence-corrected chi connectivity index (χ0v) is 14.6. The second-order valence-corrected chi connectivity index (χ2v) is 5.79. The van der Waals surface area contributed by atoms with Crippen molar-refractivity contribution in [2.45, 2.75) is 6.54 Å². The van der Waals surface area contributed by atoms with Gasteiger partial charge in [-0.3, -0.25) is 10.1 Å². The van der Waals surface area contributed by atoms with Crippen molar-refractivity contribution in [1.29, 1.82) is 0 Å². The molecular formula is C20H16F2N4O2. The molecule has 0 bridgehead atoms. The molecule has 0 saturated carbocycles. The Morgan fingerprint density at radius 3 is 2.18 bits per heavy atom. The van der Waals surface area contributed by atoms with Crippen LogP contribution in [0.25, 0.3) is 0 Å². The Morgan fingerprint density at radius 2 is 1.50 bits per heavy atom. The van der Waals surface area contributed by atoms with Crippen molar-refractivity contribution in [3.05, 3.63) is 89.6 Å². The zero-order valence-electron chi connectivity index (χ0n) is 14.6. The minimum absolute atomic E-state index is 0.0683. The van der Waals surface area contributed by atoms with Gasteiger partial charge in [0.2, 0.25) is 0 Å². The molecule has 0 spiro atoms. The predicted octanol–water partition coefficient (Wildman–Crippen LogP) is 3.93. The van der Waals surface area contributed by atoms with Crippen molar-refractivity contribution < 1.29 is 18.4 Å². The van der Waals surface area contributed by atoms with Crippen molar-refractivity contribution in [3.63, 3.8) is 0 Å². The van der Waals surface area contributed by atoms with E-state index in [1.807, 2.05) is 0 Å². The number of carbonyl (C=O) groups is 2. The third-order valence-electron chi connectivity index (χ3n) is 3.75. The van der Waals surface area contributed by atoms with Gasteiger partial charge in [-0.15, -0.1) is 0 Å². The molecule has 3 N–H and O–H groups in total. The van der Waals surface area contributed by atoms with Crippen LogP contribution in [-0.4, -0.2) is 16.9 Å². The van der Waals surface area contributed by atoms with Crippen LogP contribution in [0.15, 0.2) is 66.9 Å². The molecule has 3 rings (SSSR count). The van der Waals surface area contributed by atoms with E-state index in [1.54, 1.807) is 18.2 Å². The number of nitrogens with zero attached hydrogens (tertiary/aromatic N) is 1. The summed E-state index contributed by atoms with van der Waals surface area (Å²) in [6.45, 7) is 0.190. The van der Waals surface area contributed by atoms with E-state index in [0.717, 1.165) is 5.56 Å². The Balaban J connectivity index is 1.64. The van der Waals surface area contributed by atoms with Gasteiger partial charge in [0.25, 0.3) is 5.91 Å². The SMILES string of the molecule is O=C(Nc1ccc(F)cc1)Nc1ncccc1C(=O)NCc1ccc(F)cc1. The second kappa shape index (κ2) is 8.72. The first-order chi connectivity index (χ1) is 13.5. The lowest BCUT2D eigenvalue weighted by Gasteiger charge is -2.11. The third kappa shape index (κ3) is 5.10. The monoisotopic (exact) mass is 382 g/mol. The van der Waals surface area contributed by atoms with E-state index >= 15 is 0 Å². The molecule has 0 aliphatic rings. The number of halogens is 2. The van der Waals surface area contributed by atoms with Crippen molar-refractivity contribution in [1.82, 2.24) is 10.3 Å². The highest BCUT2D eigenvalue weighted by atomic mass is 19.1. The molecule has 1 heterocycles. The molecule has 1 aromatic heterocycles. The van der Waals surface area contributed by atoms with Crippen LogP contribution in [0.1, 0.15) is 15.9 Å². The molecule has 0 atom stereocenters. The average Bonchev–Trinajstić information content (AvgIpc) is 2.69. The molecular weight excluding hydrogens is 366 g/mol. The van der Waals surface area contributed by atoms with E-state index in [0.29, 0.717) is 5.69 Å². The number of carbonyl (C=O) groups excluding carboxylic acids is 2. The predicted molar refractivity (Wildman–Crippen MR) is 101 cm³/mol. The minimum Gasteiger partial charge on any atom is -0.348 e. The molecule has 8 heteroatoms. The quantitative estimate of drug-likeness (QED) is 0.625. The molecule has 142 valence electrons. The van der Waals surface area contributed by atoms with Gasteiger partial charge < -0.3 is 10.6 Å². The number of hydrogen-bond acceptors (Lipinski definition) is 3. The Hall–Kier alpha value is -3.81. The summed E-state index contributed by atoms with van der Waals surface area (Å²) in [5.74, 6) is -1.16. The highest BCUT2D eigenvalue weighted by molar-refractivity contribution is 6.05. The number of aromatic nitrogens is 1. The lowest BCUT2D eigenvalue weighted by Crippen LogP contribution is -2.26. The summed E-state index contributed by atoms with van der Waals surface area (Å²) in [5.41, 5.74) is 1.28. The Morgan fingerprint density at radius 1 is 0.857 bits per heavy atom. The molecule has 3 amide bonds. The first kappa shape index (κ1) is 19.0. The van der Waals surface area contributed by atoms with Crippen LogP contribution >= 0.6 is 0 Å². The Labute approximate surface area is 159 Å². The maximum Gasteiger partial charge on any atom is 0.324 e. The van der Waals surface area contributed by atoms with Gasteiger partial charge in [0.1, 0.15) is 17.5 Å². The van der Waals surface area contributed by atoms with Crippen LogP contribution in [0.2, 0.25) is 0 Å². The summed E-state index contributed by atoms with van der Waals surface area (Å²) in [6.07, 6.45) is 1.43. The smallest absolute Gasteiger partial charge is 0.324 e. The molecule has 0 unspecified atom stereocenters. The van der Waals surface area contributed by atoms with Gasteiger partial charge in [0.15, 0.2) is 0 Å². The second-order valence-electron chi connectivity index (χ2n) is 5.79. The average molecular weight is 382 g/mol. The number of hydrogen-bond donors (Lipinski definition) is 3. The fourth-order valence-electron chi connectivity index (χ4n) is 2.37. The Bertz CT molecular complexity index is 976. The largest absolute Gasteiger partial charge is 0.348 e. The third-order valence-corrected chi connectivity index (χ3v) is 3.75. The molecule has 6 nitrogen and oxygen atoms in total. The maximum absolute atomic E-state index is 12.9. The van der Waals surface area contributed by atoms with Gasteiger partial charge in [-0.25, -0.2) is 18.6 Å². The summed E-state index contributed by atoms with van der Waals surface area (Å²) in [4.78, 5) is 28.6. The van der Waals surface area contributed by atoms with Gasteiger partial charge in [0.05, 0.1) is 5.56 Å². The maximum atomic E-state index is 12.9. The van der Waals surface area contributed by atoms with E-state index in [1.165, 1.54) is 48.7 Å². The highest BCUT2D eigenvalue weighted by Crippen LogP contribution is 2.14. The minimum atomic E-state index is -0.627. The topological polar surface area (TPSA) is 83.1 Å². The van der Waals surface area contributed by atoms with Crippen LogP contribution in [-0.2, 0) is 6.54 Å². The van der Waals surface area contributed by atoms with Gasteiger partial charge >= 0.3 is 6.03 Å². The number of amides is 3. The number of benzene rings is 2. The summed E-state index contributed by atoms with van der Waals surface area (Å²) in [6, 6.07) is 13.4. The summed E-state index contributed by atoms with van der Waals surface area (Å²) in [7, 11) is 0. The molecule has 0 fully saturated rings. The number of urea groups is 1. The van der Waals surface area contributed by atoms with E-state index in [4.69, 9.17) is 0 Å².